The fraction of sp³-hybridized carbons (Fsp3) is 0.375. The average molecular weight is 378 g/mol. The maximum atomic E-state index is 9.32. The molecule has 0 fully saturated rings. The zero-order valence-electron chi connectivity index (χ0n) is 12.8. The normalized spacial score (nSPS) is 14.8. The molecule has 6 nitrogen and oxygen atoms in total. The number of benzene rings is 1. The summed E-state index contributed by atoms with van der Waals surface area (Å²) in [7, 11) is 0. The van der Waals surface area contributed by atoms with E-state index in [2.05, 4.69) is 53.6 Å². The summed E-state index contributed by atoms with van der Waals surface area (Å²) in [5, 5.41) is 15.9. The standard InChI is InChI=1S/C16H20BrN5O/c17-14-11-19-16-20-12-4-3-5-13(10-12)22(8-9-23)7-2-1-6-18-15(14)21-16/h3-5,10-11,23H,1-2,6-9H2,(H2,18,19,20,21). The highest BCUT2D eigenvalue weighted by Crippen LogP contribution is 2.25. The molecule has 0 aliphatic carbocycles. The topological polar surface area (TPSA) is 73.3 Å². The van der Waals surface area contributed by atoms with Crippen LogP contribution in [0.1, 0.15) is 12.8 Å². The van der Waals surface area contributed by atoms with E-state index in [1.165, 1.54) is 0 Å². The number of nitrogens with zero attached hydrogens (tertiary/aromatic N) is 3. The Bertz CT molecular complexity index is 667. The summed E-state index contributed by atoms with van der Waals surface area (Å²) >= 11 is 3.47. The molecule has 1 aliphatic heterocycles. The second-order valence-electron chi connectivity index (χ2n) is 5.41. The van der Waals surface area contributed by atoms with Crippen LogP contribution in [-0.4, -0.2) is 41.3 Å². The van der Waals surface area contributed by atoms with Gasteiger partial charge in [0.2, 0.25) is 5.95 Å². The number of hydrogen-bond donors (Lipinski definition) is 3. The molecule has 4 bridgehead atoms. The minimum atomic E-state index is 0.146. The molecule has 0 amide bonds. The highest BCUT2D eigenvalue weighted by atomic mass is 79.9. The molecular formula is C16H20BrN5O. The second kappa shape index (κ2) is 7.61. The van der Waals surface area contributed by atoms with Crippen molar-refractivity contribution in [2.75, 3.05) is 41.8 Å². The molecule has 0 saturated heterocycles. The quantitative estimate of drug-likeness (QED) is 0.746. The fourth-order valence-electron chi connectivity index (χ4n) is 2.59. The summed E-state index contributed by atoms with van der Waals surface area (Å²) in [4.78, 5) is 11.0. The van der Waals surface area contributed by atoms with Crippen LogP contribution in [0.5, 0.6) is 0 Å². The molecule has 1 aromatic heterocycles. The van der Waals surface area contributed by atoms with E-state index in [4.69, 9.17) is 0 Å². The average Bonchev–Trinajstić information content (AvgIpc) is 2.56. The van der Waals surface area contributed by atoms with Gasteiger partial charge in [0.1, 0.15) is 5.82 Å². The lowest BCUT2D eigenvalue weighted by Crippen LogP contribution is -2.28. The first kappa shape index (κ1) is 16.0. The van der Waals surface area contributed by atoms with Gasteiger partial charge in [0.25, 0.3) is 0 Å². The number of nitrogens with one attached hydrogen (secondary N) is 2. The molecule has 1 aromatic carbocycles. The van der Waals surface area contributed by atoms with Crippen LogP contribution in [0.3, 0.4) is 0 Å². The third-order valence-corrected chi connectivity index (χ3v) is 4.31. The zero-order chi connectivity index (χ0) is 16.1. The second-order valence-corrected chi connectivity index (χ2v) is 6.26. The Balaban J connectivity index is 1.92. The van der Waals surface area contributed by atoms with Gasteiger partial charge in [0, 0.05) is 37.2 Å². The highest BCUT2D eigenvalue weighted by molar-refractivity contribution is 9.10. The van der Waals surface area contributed by atoms with Crippen molar-refractivity contribution < 1.29 is 5.11 Å². The zero-order valence-corrected chi connectivity index (χ0v) is 14.4. The molecular weight excluding hydrogens is 358 g/mol. The monoisotopic (exact) mass is 377 g/mol. The first-order valence-corrected chi connectivity index (χ1v) is 8.55. The van der Waals surface area contributed by atoms with Crippen molar-refractivity contribution in [1.29, 1.82) is 0 Å². The summed E-state index contributed by atoms with van der Waals surface area (Å²) in [6.07, 6.45) is 3.82. The van der Waals surface area contributed by atoms with Crippen molar-refractivity contribution in [3.8, 4) is 0 Å². The molecule has 122 valence electrons. The van der Waals surface area contributed by atoms with E-state index in [0.29, 0.717) is 12.5 Å². The van der Waals surface area contributed by atoms with E-state index in [-0.39, 0.29) is 6.61 Å². The summed E-state index contributed by atoms with van der Waals surface area (Å²) in [6, 6.07) is 8.11. The van der Waals surface area contributed by atoms with Crippen LogP contribution in [0.2, 0.25) is 0 Å². The molecule has 7 heteroatoms. The van der Waals surface area contributed by atoms with Crippen LogP contribution in [0, 0.1) is 0 Å². The fourth-order valence-corrected chi connectivity index (χ4v) is 2.92. The maximum Gasteiger partial charge on any atom is 0.229 e. The van der Waals surface area contributed by atoms with Crippen LogP contribution >= 0.6 is 15.9 Å². The van der Waals surface area contributed by atoms with Gasteiger partial charge in [-0.1, -0.05) is 6.07 Å². The van der Waals surface area contributed by atoms with Crippen molar-refractivity contribution in [2.45, 2.75) is 12.8 Å². The number of anilines is 4. The van der Waals surface area contributed by atoms with Crippen LogP contribution in [0.15, 0.2) is 34.9 Å². The Morgan fingerprint density at radius 3 is 3.09 bits per heavy atom. The van der Waals surface area contributed by atoms with E-state index in [1.807, 2.05) is 12.1 Å². The molecule has 3 N–H and O–H groups in total. The van der Waals surface area contributed by atoms with Gasteiger partial charge >= 0.3 is 0 Å². The first-order chi connectivity index (χ1) is 11.3. The number of hydrogen-bond acceptors (Lipinski definition) is 6. The van der Waals surface area contributed by atoms with Crippen molar-refractivity contribution in [1.82, 2.24) is 9.97 Å². The molecule has 23 heavy (non-hydrogen) atoms. The van der Waals surface area contributed by atoms with Gasteiger partial charge in [0.15, 0.2) is 0 Å². The number of aromatic nitrogens is 2. The number of fused-ring (bicyclic) bond motifs is 4. The highest BCUT2D eigenvalue weighted by Gasteiger charge is 2.10. The van der Waals surface area contributed by atoms with E-state index in [0.717, 1.165) is 47.6 Å². The third kappa shape index (κ3) is 4.11. The van der Waals surface area contributed by atoms with Crippen molar-refractivity contribution in [3.63, 3.8) is 0 Å². The minimum absolute atomic E-state index is 0.146. The van der Waals surface area contributed by atoms with Gasteiger partial charge in [-0.2, -0.15) is 4.98 Å². The van der Waals surface area contributed by atoms with Crippen LogP contribution < -0.4 is 15.5 Å². The largest absolute Gasteiger partial charge is 0.395 e. The third-order valence-electron chi connectivity index (χ3n) is 3.73. The molecule has 0 unspecified atom stereocenters. The lowest BCUT2D eigenvalue weighted by atomic mass is 10.2. The number of halogens is 1. The molecule has 1 aliphatic rings. The Hall–Kier alpha value is -1.86. The van der Waals surface area contributed by atoms with Gasteiger partial charge in [-0.3, -0.25) is 0 Å². The molecule has 0 radical (unpaired) electrons. The number of rotatable bonds is 2. The lowest BCUT2D eigenvalue weighted by Gasteiger charge is -2.24. The van der Waals surface area contributed by atoms with Gasteiger partial charge in [-0.15, -0.1) is 0 Å². The van der Waals surface area contributed by atoms with Crippen molar-refractivity contribution in [3.05, 3.63) is 34.9 Å². The predicted molar refractivity (Wildman–Crippen MR) is 96.5 cm³/mol. The Kier molecular flexibility index (Phi) is 5.30. The van der Waals surface area contributed by atoms with Crippen molar-refractivity contribution >= 4 is 39.1 Å². The Morgan fingerprint density at radius 2 is 2.22 bits per heavy atom. The smallest absolute Gasteiger partial charge is 0.229 e. The minimum Gasteiger partial charge on any atom is -0.395 e. The Labute approximate surface area is 144 Å². The van der Waals surface area contributed by atoms with Crippen LogP contribution in [-0.2, 0) is 0 Å². The molecule has 2 heterocycles. The van der Waals surface area contributed by atoms with Gasteiger partial charge in [0.05, 0.1) is 11.1 Å². The summed E-state index contributed by atoms with van der Waals surface area (Å²) in [6.45, 7) is 2.54. The van der Waals surface area contributed by atoms with E-state index >= 15 is 0 Å². The number of aliphatic hydroxyl groups excluding tert-OH is 1. The molecule has 0 spiro atoms. The van der Waals surface area contributed by atoms with Gasteiger partial charge in [-0.05, 0) is 47.0 Å². The van der Waals surface area contributed by atoms with Gasteiger partial charge in [-0.25, -0.2) is 4.98 Å². The van der Waals surface area contributed by atoms with E-state index in [9.17, 15) is 5.11 Å². The van der Waals surface area contributed by atoms with E-state index in [1.54, 1.807) is 6.20 Å². The van der Waals surface area contributed by atoms with Crippen LogP contribution in [0.25, 0.3) is 0 Å². The Morgan fingerprint density at radius 1 is 1.30 bits per heavy atom. The SMILES string of the molecule is OCCN1CCCCNc2nc(ncc2Br)Nc2cccc1c2. The molecule has 2 aromatic rings. The van der Waals surface area contributed by atoms with Crippen molar-refractivity contribution in [2.24, 2.45) is 0 Å². The maximum absolute atomic E-state index is 9.32. The van der Waals surface area contributed by atoms with Gasteiger partial charge < -0.3 is 20.6 Å². The number of β-amino-alcohol motifs (C(OH)–C–C–N with tert-alkyl or cyclic N) is 1. The van der Waals surface area contributed by atoms with E-state index < -0.39 is 0 Å². The molecule has 0 atom stereocenters. The summed E-state index contributed by atoms with van der Waals surface area (Å²) < 4.78 is 0.855. The lowest BCUT2D eigenvalue weighted by molar-refractivity contribution is 0.301. The van der Waals surface area contributed by atoms with Crippen LogP contribution in [0.4, 0.5) is 23.1 Å². The first-order valence-electron chi connectivity index (χ1n) is 7.75. The summed E-state index contributed by atoms with van der Waals surface area (Å²) in [5.41, 5.74) is 2.02. The predicted octanol–water partition coefficient (Wildman–Crippen LogP) is 2.99. The molecule has 3 rings (SSSR count). The summed E-state index contributed by atoms with van der Waals surface area (Å²) in [5.74, 6) is 1.35. The number of aliphatic hydroxyl groups is 1. The molecule has 0 saturated carbocycles.